The number of carboxylic acid groups (broad SMARTS) is 1. The van der Waals surface area contributed by atoms with E-state index in [1.54, 1.807) is 0 Å². The van der Waals surface area contributed by atoms with E-state index < -0.39 is 12.0 Å². The van der Waals surface area contributed by atoms with Crippen LogP contribution in [-0.2, 0) is 17.8 Å². The Morgan fingerprint density at radius 1 is 1.14 bits per heavy atom. The van der Waals surface area contributed by atoms with Crippen molar-refractivity contribution < 1.29 is 15.0 Å². The van der Waals surface area contributed by atoms with Crippen molar-refractivity contribution >= 4 is 29.2 Å². The molecule has 0 aromatic heterocycles. The number of carbonyl (C=O) groups is 1. The fraction of sp³-hybridized carbons (Fsp3) is 0.188. The number of halogens is 2. The summed E-state index contributed by atoms with van der Waals surface area (Å²) in [5, 5.41) is 22.2. The molecule has 0 saturated carbocycles. The molecule has 0 aliphatic heterocycles. The van der Waals surface area contributed by atoms with Gasteiger partial charge in [-0.1, -0.05) is 53.5 Å². The molecule has 22 heavy (non-hydrogen) atoms. The van der Waals surface area contributed by atoms with Crippen LogP contribution in [0.15, 0.2) is 42.5 Å². The second-order valence-corrected chi connectivity index (χ2v) is 5.66. The molecule has 0 spiro atoms. The van der Waals surface area contributed by atoms with Gasteiger partial charge in [-0.25, -0.2) is 0 Å². The largest absolute Gasteiger partial charge is 0.508 e. The van der Waals surface area contributed by atoms with E-state index in [1.807, 2.05) is 30.3 Å². The predicted octanol–water partition coefficient (Wildman–Crippen LogP) is 3.48. The smallest absolute Gasteiger partial charge is 0.321 e. The van der Waals surface area contributed by atoms with Crippen LogP contribution in [0, 0.1) is 0 Å². The third kappa shape index (κ3) is 4.37. The highest BCUT2D eigenvalue weighted by Crippen LogP contribution is 2.30. The molecule has 2 aromatic carbocycles. The topological polar surface area (TPSA) is 69.6 Å². The van der Waals surface area contributed by atoms with E-state index in [4.69, 9.17) is 23.2 Å². The molecule has 0 bridgehead atoms. The van der Waals surface area contributed by atoms with Crippen molar-refractivity contribution in [3.8, 4) is 5.75 Å². The molecule has 0 fully saturated rings. The lowest BCUT2D eigenvalue weighted by Gasteiger charge is -2.16. The molecule has 1 atom stereocenters. The Morgan fingerprint density at radius 3 is 2.27 bits per heavy atom. The van der Waals surface area contributed by atoms with E-state index in [1.165, 1.54) is 12.1 Å². The predicted molar refractivity (Wildman–Crippen MR) is 86.5 cm³/mol. The van der Waals surface area contributed by atoms with Gasteiger partial charge in [-0.2, -0.15) is 0 Å². The van der Waals surface area contributed by atoms with Crippen LogP contribution in [0.25, 0.3) is 0 Å². The first-order valence-corrected chi connectivity index (χ1v) is 7.40. The normalized spacial score (nSPS) is 12.1. The highest BCUT2D eigenvalue weighted by molar-refractivity contribution is 6.36. The average molecular weight is 340 g/mol. The lowest BCUT2D eigenvalue weighted by Crippen LogP contribution is -2.38. The highest BCUT2D eigenvalue weighted by Gasteiger charge is 2.21. The molecular weight excluding hydrogens is 325 g/mol. The summed E-state index contributed by atoms with van der Waals surface area (Å²) in [5.41, 5.74) is 1.48. The summed E-state index contributed by atoms with van der Waals surface area (Å²) in [4.78, 5) is 11.4. The molecule has 6 heteroatoms. The number of phenols is 1. The number of aliphatic carboxylic acids is 1. The number of hydrogen-bond donors (Lipinski definition) is 3. The minimum Gasteiger partial charge on any atom is -0.508 e. The van der Waals surface area contributed by atoms with Crippen LogP contribution in [0.5, 0.6) is 5.75 Å². The van der Waals surface area contributed by atoms with Gasteiger partial charge in [0.05, 0.1) is 0 Å². The molecule has 0 radical (unpaired) electrons. The van der Waals surface area contributed by atoms with Gasteiger partial charge < -0.3 is 15.5 Å². The summed E-state index contributed by atoms with van der Waals surface area (Å²) in [7, 11) is 0. The molecule has 0 saturated heterocycles. The van der Waals surface area contributed by atoms with Crippen LogP contribution in [0.3, 0.4) is 0 Å². The summed E-state index contributed by atoms with van der Waals surface area (Å²) in [6.45, 7) is 0.422. The highest BCUT2D eigenvalue weighted by atomic mass is 35.5. The number of rotatable bonds is 6. The van der Waals surface area contributed by atoms with E-state index in [2.05, 4.69) is 5.32 Å². The number of carboxylic acids is 1. The summed E-state index contributed by atoms with van der Waals surface area (Å²) in [6.07, 6.45) is 0.125. The van der Waals surface area contributed by atoms with Crippen LogP contribution >= 0.6 is 23.2 Å². The third-order valence-electron chi connectivity index (χ3n) is 3.23. The maximum atomic E-state index is 11.4. The van der Waals surface area contributed by atoms with Gasteiger partial charge in [-0.05, 0) is 23.3 Å². The minimum atomic E-state index is -0.990. The van der Waals surface area contributed by atoms with Crippen molar-refractivity contribution in [2.45, 2.75) is 19.0 Å². The van der Waals surface area contributed by atoms with Crippen LogP contribution in [0.4, 0.5) is 0 Å². The first-order chi connectivity index (χ1) is 10.5. The molecule has 1 unspecified atom stereocenters. The zero-order valence-corrected chi connectivity index (χ0v) is 13.1. The number of aromatic hydroxyl groups is 1. The van der Waals surface area contributed by atoms with Crippen molar-refractivity contribution in [3.05, 3.63) is 63.6 Å². The van der Waals surface area contributed by atoms with Crippen molar-refractivity contribution in [1.29, 1.82) is 0 Å². The molecule has 2 rings (SSSR count). The maximum Gasteiger partial charge on any atom is 0.321 e. The Kier molecular flexibility index (Phi) is 5.66. The number of hydrogen-bond acceptors (Lipinski definition) is 3. The Labute approximate surface area is 138 Å². The van der Waals surface area contributed by atoms with Gasteiger partial charge in [0, 0.05) is 23.0 Å². The Morgan fingerprint density at radius 2 is 1.73 bits per heavy atom. The zero-order chi connectivity index (χ0) is 16.1. The SMILES string of the molecule is O=C(O)C(Cc1c(Cl)cc(O)cc1Cl)NCc1ccccc1. The Balaban J connectivity index is 2.11. The van der Waals surface area contributed by atoms with Gasteiger partial charge in [0.25, 0.3) is 0 Å². The molecule has 2 aromatic rings. The number of benzene rings is 2. The van der Waals surface area contributed by atoms with E-state index in [0.29, 0.717) is 12.1 Å². The lowest BCUT2D eigenvalue weighted by atomic mass is 10.0. The van der Waals surface area contributed by atoms with Gasteiger partial charge in [0.1, 0.15) is 11.8 Å². The van der Waals surface area contributed by atoms with E-state index >= 15 is 0 Å². The van der Waals surface area contributed by atoms with E-state index in [0.717, 1.165) is 5.56 Å². The van der Waals surface area contributed by atoms with Gasteiger partial charge in [0.15, 0.2) is 0 Å². The standard InChI is InChI=1S/C16H15Cl2NO3/c17-13-6-11(20)7-14(18)12(13)8-15(16(21)22)19-9-10-4-2-1-3-5-10/h1-7,15,19-20H,8-9H2,(H,21,22). The molecule has 4 nitrogen and oxygen atoms in total. The van der Waals surface area contributed by atoms with E-state index in [-0.39, 0.29) is 22.2 Å². The van der Waals surface area contributed by atoms with Crippen LogP contribution in [0.2, 0.25) is 10.0 Å². The molecule has 0 amide bonds. The van der Waals surface area contributed by atoms with E-state index in [9.17, 15) is 15.0 Å². The summed E-state index contributed by atoms with van der Waals surface area (Å²) in [6, 6.07) is 11.4. The number of nitrogens with one attached hydrogen (secondary N) is 1. The summed E-state index contributed by atoms with van der Waals surface area (Å²) in [5.74, 6) is -1.04. The van der Waals surface area contributed by atoms with Crippen molar-refractivity contribution in [2.75, 3.05) is 0 Å². The summed E-state index contributed by atoms with van der Waals surface area (Å²) < 4.78 is 0. The quantitative estimate of drug-likeness (QED) is 0.753. The van der Waals surface area contributed by atoms with Crippen molar-refractivity contribution in [2.24, 2.45) is 0 Å². The number of phenolic OH excluding ortho intramolecular Hbond substituents is 1. The second-order valence-electron chi connectivity index (χ2n) is 4.85. The Bertz CT molecular complexity index is 639. The monoisotopic (exact) mass is 339 g/mol. The van der Waals surface area contributed by atoms with Crippen LogP contribution in [-0.4, -0.2) is 22.2 Å². The molecule has 116 valence electrons. The fourth-order valence-electron chi connectivity index (χ4n) is 2.07. The average Bonchev–Trinajstić information content (AvgIpc) is 2.46. The van der Waals surface area contributed by atoms with Crippen molar-refractivity contribution in [1.82, 2.24) is 5.32 Å². The van der Waals surface area contributed by atoms with Gasteiger partial charge in [-0.15, -0.1) is 0 Å². The van der Waals surface area contributed by atoms with Crippen molar-refractivity contribution in [3.63, 3.8) is 0 Å². The second kappa shape index (κ2) is 7.49. The molecule has 0 aliphatic rings. The first kappa shape index (κ1) is 16.6. The third-order valence-corrected chi connectivity index (χ3v) is 3.90. The lowest BCUT2D eigenvalue weighted by molar-refractivity contribution is -0.139. The van der Waals surface area contributed by atoms with Crippen LogP contribution < -0.4 is 5.32 Å². The van der Waals surface area contributed by atoms with Gasteiger partial charge >= 0.3 is 5.97 Å². The fourth-order valence-corrected chi connectivity index (χ4v) is 2.70. The Hall–Kier alpha value is -1.75. The zero-order valence-electron chi connectivity index (χ0n) is 11.6. The maximum absolute atomic E-state index is 11.4. The van der Waals surface area contributed by atoms with Gasteiger partial charge in [0.2, 0.25) is 0 Å². The molecule has 3 N–H and O–H groups in total. The first-order valence-electron chi connectivity index (χ1n) is 6.64. The molecular formula is C16H15Cl2NO3. The minimum absolute atomic E-state index is 0.0529. The molecule has 0 heterocycles. The summed E-state index contributed by atoms with van der Waals surface area (Å²) >= 11 is 12.1. The van der Waals surface area contributed by atoms with Gasteiger partial charge in [-0.3, -0.25) is 4.79 Å². The molecule has 0 aliphatic carbocycles. The van der Waals surface area contributed by atoms with Crippen LogP contribution in [0.1, 0.15) is 11.1 Å².